The van der Waals surface area contributed by atoms with E-state index in [1.807, 2.05) is 13.8 Å². The zero-order chi connectivity index (χ0) is 26.3. The maximum absolute atomic E-state index is 12.3. The summed E-state index contributed by atoms with van der Waals surface area (Å²) in [5.41, 5.74) is 0.0113. The van der Waals surface area contributed by atoms with Crippen LogP contribution in [0.25, 0.3) is 0 Å². The van der Waals surface area contributed by atoms with Gasteiger partial charge < -0.3 is 19.7 Å². The van der Waals surface area contributed by atoms with Gasteiger partial charge in [0.15, 0.2) is 6.61 Å². The van der Waals surface area contributed by atoms with Crippen LogP contribution in [0.5, 0.6) is 0 Å². The van der Waals surface area contributed by atoms with Crippen molar-refractivity contribution in [2.45, 2.75) is 124 Å². The first kappa shape index (κ1) is 27.9. The van der Waals surface area contributed by atoms with Crippen LogP contribution >= 0.6 is 0 Å². The number of carbonyl (C=O) groups excluding carboxylic acids is 2. The lowest BCUT2D eigenvalue weighted by atomic mass is 9.43. The van der Waals surface area contributed by atoms with Crippen LogP contribution in [0.2, 0.25) is 0 Å². The molecule has 0 saturated heterocycles. The summed E-state index contributed by atoms with van der Waals surface area (Å²) in [6.07, 6.45) is 9.66. The van der Waals surface area contributed by atoms with Gasteiger partial charge >= 0.3 is 11.9 Å². The molecule has 0 aromatic heterocycles. The molecule has 206 valence electrons. The second-order valence-corrected chi connectivity index (χ2v) is 13.2. The molecule has 4 aliphatic carbocycles. The van der Waals surface area contributed by atoms with Gasteiger partial charge in [-0.3, -0.25) is 4.79 Å². The molecule has 0 spiro atoms. The van der Waals surface area contributed by atoms with E-state index in [0.29, 0.717) is 30.1 Å². The van der Waals surface area contributed by atoms with Gasteiger partial charge in [-0.05, 0) is 105 Å². The fourth-order valence-corrected chi connectivity index (χ4v) is 9.29. The van der Waals surface area contributed by atoms with E-state index in [-0.39, 0.29) is 60.0 Å². The molecule has 0 aromatic carbocycles. The van der Waals surface area contributed by atoms with E-state index in [0.717, 1.165) is 32.1 Å². The highest BCUT2D eigenvalue weighted by Gasteiger charge is 2.65. The van der Waals surface area contributed by atoms with Crippen LogP contribution < -0.4 is 0 Å². The SMILES string of the molecule is CCC(C)OC(=O)COC(=O)CCC(C)C1CCC2C3C(O)CC4CCCCC4(C)C3CC(O)C12C. The van der Waals surface area contributed by atoms with Gasteiger partial charge in [0.2, 0.25) is 0 Å². The van der Waals surface area contributed by atoms with Gasteiger partial charge in [0, 0.05) is 6.42 Å². The summed E-state index contributed by atoms with van der Waals surface area (Å²) in [6.45, 7) is 10.3. The fraction of sp³-hybridized carbons (Fsp3) is 0.933. The lowest BCUT2D eigenvalue weighted by molar-refractivity contribution is -0.201. The Bertz CT molecular complexity index is 798. The molecule has 4 fully saturated rings. The maximum atomic E-state index is 12.3. The van der Waals surface area contributed by atoms with Crippen LogP contribution in [-0.4, -0.2) is 47.1 Å². The molecule has 2 N–H and O–H groups in total. The van der Waals surface area contributed by atoms with Gasteiger partial charge in [0.25, 0.3) is 0 Å². The molecular formula is C30H50O6. The summed E-state index contributed by atoms with van der Waals surface area (Å²) < 4.78 is 10.3. The van der Waals surface area contributed by atoms with E-state index in [9.17, 15) is 19.8 Å². The Morgan fingerprint density at radius 2 is 1.75 bits per heavy atom. The van der Waals surface area contributed by atoms with Crippen molar-refractivity contribution in [1.82, 2.24) is 0 Å². The van der Waals surface area contributed by atoms with Gasteiger partial charge in [-0.25, -0.2) is 4.79 Å². The molecule has 0 aliphatic heterocycles. The van der Waals surface area contributed by atoms with Crippen molar-refractivity contribution >= 4 is 11.9 Å². The van der Waals surface area contributed by atoms with Crippen molar-refractivity contribution in [3.63, 3.8) is 0 Å². The number of aliphatic hydroxyl groups excluding tert-OH is 2. The Labute approximate surface area is 217 Å². The Hall–Kier alpha value is -1.14. The van der Waals surface area contributed by atoms with Crippen molar-refractivity contribution in [3.05, 3.63) is 0 Å². The van der Waals surface area contributed by atoms with Crippen molar-refractivity contribution in [3.8, 4) is 0 Å². The molecule has 11 unspecified atom stereocenters. The highest BCUT2D eigenvalue weighted by atomic mass is 16.6. The Morgan fingerprint density at radius 1 is 1.00 bits per heavy atom. The maximum Gasteiger partial charge on any atom is 0.344 e. The molecule has 0 radical (unpaired) electrons. The molecule has 4 saturated carbocycles. The standard InChI is InChI=1S/C30H50O6/c1-6-19(3)36-27(34)17-35-26(33)13-10-18(2)21-11-12-22-28-23(16-25(32)30(21,22)5)29(4)14-8-7-9-20(29)15-24(28)31/h18-25,28,31-32H,6-17H2,1-5H3. The molecule has 0 heterocycles. The molecule has 0 amide bonds. The van der Waals surface area contributed by atoms with Crippen molar-refractivity contribution in [1.29, 1.82) is 0 Å². The molecule has 4 rings (SSSR count). The van der Waals surface area contributed by atoms with Gasteiger partial charge in [0.1, 0.15) is 0 Å². The van der Waals surface area contributed by atoms with Crippen molar-refractivity contribution in [2.75, 3.05) is 6.61 Å². The minimum atomic E-state index is -0.503. The first-order valence-electron chi connectivity index (χ1n) is 14.7. The number of esters is 2. The lowest BCUT2D eigenvalue weighted by Crippen LogP contribution is -2.61. The third kappa shape index (κ3) is 4.98. The number of aliphatic hydroxyl groups is 2. The summed E-state index contributed by atoms with van der Waals surface area (Å²) in [7, 11) is 0. The normalized spacial score (nSPS) is 43.5. The summed E-state index contributed by atoms with van der Waals surface area (Å²) in [5, 5.41) is 23.1. The van der Waals surface area contributed by atoms with E-state index in [1.54, 1.807) is 0 Å². The summed E-state index contributed by atoms with van der Waals surface area (Å²) in [4.78, 5) is 24.1. The Kier molecular flexibility index (Phi) is 8.46. The van der Waals surface area contributed by atoms with E-state index in [2.05, 4.69) is 20.8 Å². The molecule has 0 aromatic rings. The minimum Gasteiger partial charge on any atom is -0.460 e. The highest BCUT2D eigenvalue weighted by molar-refractivity contribution is 5.76. The predicted molar refractivity (Wildman–Crippen MR) is 138 cm³/mol. The summed E-state index contributed by atoms with van der Waals surface area (Å²) >= 11 is 0. The van der Waals surface area contributed by atoms with Gasteiger partial charge in [0.05, 0.1) is 18.3 Å². The van der Waals surface area contributed by atoms with Crippen LogP contribution in [0.1, 0.15) is 105 Å². The quantitative estimate of drug-likeness (QED) is 0.435. The van der Waals surface area contributed by atoms with Crippen molar-refractivity contribution < 1.29 is 29.3 Å². The van der Waals surface area contributed by atoms with Gasteiger partial charge in [-0.15, -0.1) is 0 Å². The molecule has 36 heavy (non-hydrogen) atoms. The van der Waals surface area contributed by atoms with E-state index in [4.69, 9.17) is 9.47 Å². The molecular weight excluding hydrogens is 456 g/mol. The number of rotatable bonds is 8. The topological polar surface area (TPSA) is 93.1 Å². The Balaban J connectivity index is 1.38. The Morgan fingerprint density at radius 3 is 2.47 bits per heavy atom. The highest BCUT2D eigenvalue weighted by Crippen LogP contribution is 2.68. The first-order valence-corrected chi connectivity index (χ1v) is 14.7. The monoisotopic (exact) mass is 506 g/mol. The average Bonchev–Trinajstić information content (AvgIpc) is 3.20. The largest absolute Gasteiger partial charge is 0.460 e. The number of hydrogen-bond donors (Lipinski definition) is 2. The van der Waals surface area contributed by atoms with Crippen LogP contribution in [0.3, 0.4) is 0 Å². The third-order valence-electron chi connectivity index (χ3n) is 11.5. The van der Waals surface area contributed by atoms with Gasteiger partial charge in [-0.1, -0.05) is 40.5 Å². The third-order valence-corrected chi connectivity index (χ3v) is 11.5. The smallest absolute Gasteiger partial charge is 0.344 e. The predicted octanol–water partition coefficient (Wildman–Crippen LogP) is 5.28. The zero-order valence-corrected chi connectivity index (χ0v) is 23.2. The van der Waals surface area contributed by atoms with Crippen LogP contribution in [0.15, 0.2) is 0 Å². The number of carbonyl (C=O) groups is 2. The molecule has 4 aliphatic rings. The number of ether oxygens (including phenoxy) is 2. The summed E-state index contributed by atoms with van der Waals surface area (Å²) in [5.74, 6) is 1.28. The van der Waals surface area contributed by atoms with Crippen LogP contribution in [0, 0.1) is 46.3 Å². The molecule has 11 atom stereocenters. The number of fused-ring (bicyclic) bond motifs is 5. The number of hydrogen-bond acceptors (Lipinski definition) is 6. The molecule has 0 bridgehead atoms. The summed E-state index contributed by atoms with van der Waals surface area (Å²) in [6, 6.07) is 0. The first-order chi connectivity index (χ1) is 17.0. The van der Waals surface area contributed by atoms with Gasteiger partial charge in [-0.2, -0.15) is 0 Å². The van der Waals surface area contributed by atoms with Crippen LogP contribution in [0.4, 0.5) is 0 Å². The second kappa shape index (κ2) is 10.9. The fourth-order valence-electron chi connectivity index (χ4n) is 9.29. The second-order valence-electron chi connectivity index (χ2n) is 13.2. The van der Waals surface area contributed by atoms with Crippen LogP contribution in [-0.2, 0) is 19.1 Å². The zero-order valence-electron chi connectivity index (χ0n) is 23.2. The lowest BCUT2D eigenvalue weighted by Gasteiger charge is -2.63. The van der Waals surface area contributed by atoms with E-state index >= 15 is 0 Å². The van der Waals surface area contributed by atoms with E-state index in [1.165, 1.54) is 25.7 Å². The van der Waals surface area contributed by atoms with Crippen molar-refractivity contribution in [2.24, 2.45) is 46.3 Å². The van der Waals surface area contributed by atoms with E-state index < -0.39 is 5.97 Å². The molecule has 6 heteroatoms. The minimum absolute atomic E-state index is 0.178. The average molecular weight is 507 g/mol. The molecule has 6 nitrogen and oxygen atoms in total.